The predicted molar refractivity (Wildman–Crippen MR) is 116 cm³/mol. The van der Waals surface area contributed by atoms with Crippen LogP contribution in [0.4, 0.5) is 0 Å². The summed E-state index contributed by atoms with van der Waals surface area (Å²) in [6.45, 7) is 0. The molecular formula is C25H19NP+. The Balaban J connectivity index is 2.03. The minimum atomic E-state index is -2.10. The second-order valence-corrected chi connectivity index (χ2v) is 9.26. The van der Waals surface area contributed by atoms with E-state index in [-0.39, 0.29) is 0 Å². The highest BCUT2D eigenvalue weighted by atomic mass is 31.2. The third-order valence-electron chi connectivity index (χ3n) is 4.48. The van der Waals surface area contributed by atoms with Crippen molar-refractivity contribution < 1.29 is 0 Å². The molecule has 0 aliphatic rings. The van der Waals surface area contributed by atoms with Gasteiger partial charge >= 0.3 is 0 Å². The van der Waals surface area contributed by atoms with E-state index in [0.29, 0.717) is 0 Å². The molecule has 0 aliphatic heterocycles. The van der Waals surface area contributed by atoms with Gasteiger partial charge in [-0.3, -0.25) is 4.98 Å². The molecule has 1 aromatic heterocycles. The summed E-state index contributed by atoms with van der Waals surface area (Å²) in [5.41, 5.74) is 4.72. The topological polar surface area (TPSA) is 12.9 Å². The fraction of sp³-hybridized carbons (Fsp3) is 0. The minimum absolute atomic E-state index is 0.983. The van der Waals surface area contributed by atoms with E-state index >= 15 is 0 Å². The van der Waals surface area contributed by atoms with Crippen LogP contribution in [-0.4, -0.2) is 4.98 Å². The van der Waals surface area contributed by atoms with Gasteiger partial charge in [-0.2, -0.15) is 0 Å². The molecule has 0 saturated heterocycles. The molecule has 0 radical (unpaired) electrons. The molecule has 0 saturated carbocycles. The Labute approximate surface area is 161 Å². The molecule has 4 aromatic rings. The summed E-state index contributed by atoms with van der Waals surface area (Å²) < 4.78 is 0. The zero-order valence-electron chi connectivity index (χ0n) is 14.9. The van der Waals surface area contributed by atoms with Gasteiger partial charge in [0.2, 0.25) is 0 Å². The van der Waals surface area contributed by atoms with Crippen molar-refractivity contribution in [2.45, 2.75) is 0 Å². The van der Waals surface area contributed by atoms with Crippen molar-refractivity contribution in [1.82, 2.24) is 4.98 Å². The van der Waals surface area contributed by atoms with Crippen molar-refractivity contribution in [1.29, 1.82) is 0 Å². The minimum Gasteiger partial charge on any atom is -0.265 e. The molecule has 1 nitrogen and oxygen atoms in total. The summed E-state index contributed by atoms with van der Waals surface area (Å²) in [6, 6.07) is 35.9. The largest absolute Gasteiger partial charge is 0.265 e. The van der Waals surface area contributed by atoms with Crippen molar-refractivity contribution >= 4 is 23.2 Å². The van der Waals surface area contributed by atoms with E-state index in [4.69, 9.17) is 0 Å². The first-order valence-electron chi connectivity index (χ1n) is 8.89. The van der Waals surface area contributed by atoms with Crippen LogP contribution in [0.15, 0.2) is 116 Å². The lowest BCUT2D eigenvalue weighted by atomic mass is 10.3. The standard InChI is InChI=1S/C25H19NP/c1-4-10-23(11-5-1)27(24-12-6-2-7-13-24,25-14-8-3-9-15-25)21-18-22-16-19-26-20-17-22/h1-17,19-20H/q+1. The Morgan fingerprint density at radius 1 is 0.519 bits per heavy atom. The fourth-order valence-corrected chi connectivity index (χ4v) is 6.62. The Bertz CT molecular complexity index is 953. The lowest BCUT2D eigenvalue weighted by Gasteiger charge is -2.21. The van der Waals surface area contributed by atoms with Crippen LogP contribution in [0.2, 0.25) is 0 Å². The maximum atomic E-state index is 4.11. The molecule has 0 spiro atoms. The maximum absolute atomic E-state index is 4.11. The highest BCUT2D eigenvalue weighted by Gasteiger charge is 2.44. The Morgan fingerprint density at radius 3 is 1.33 bits per heavy atom. The van der Waals surface area contributed by atoms with Crippen molar-refractivity contribution in [2.24, 2.45) is 0 Å². The first-order valence-corrected chi connectivity index (χ1v) is 10.7. The summed E-state index contributed by atoms with van der Waals surface area (Å²) in [6.07, 6.45) is 3.58. The molecular weight excluding hydrogens is 345 g/mol. The molecule has 0 unspecified atom stereocenters. The summed E-state index contributed by atoms with van der Waals surface area (Å²) in [5.74, 6) is 3.44. The van der Waals surface area contributed by atoms with Gasteiger partial charge < -0.3 is 0 Å². The summed E-state index contributed by atoms with van der Waals surface area (Å²) >= 11 is 0. The Morgan fingerprint density at radius 2 is 0.926 bits per heavy atom. The Hall–Kier alpha value is -3.20. The third-order valence-corrected chi connectivity index (χ3v) is 8.14. The second-order valence-electron chi connectivity index (χ2n) is 6.15. The molecule has 0 amide bonds. The number of nitrogens with zero attached hydrogens (tertiary/aromatic N) is 1. The number of pyridine rings is 1. The molecule has 128 valence electrons. The maximum Gasteiger partial charge on any atom is 0.189 e. The van der Waals surface area contributed by atoms with Crippen molar-refractivity contribution in [3.8, 4) is 11.6 Å². The summed E-state index contributed by atoms with van der Waals surface area (Å²) in [7, 11) is -2.10. The number of benzene rings is 3. The molecule has 0 atom stereocenters. The molecule has 0 fully saturated rings. The third kappa shape index (κ3) is 3.54. The molecule has 3 aromatic carbocycles. The van der Waals surface area contributed by atoms with Crippen molar-refractivity contribution in [3.05, 3.63) is 121 Å². The lowest BCUT2D eigenvalue weighted by molar-refractivity contribution is 1.32. The normalized spacial score (nSPS) is 10.7. The van der Waals surface area contributed by atoms with E-state index < -0.39 is 7.26 Å². The number of aromatic nitrogens is 1. The van der Waals surface area contributed by atoms with E-state index in [0.717, 1.165) is 5.56 Å². The van der Waals surface area contributed by atoms with Gasteiger partial charge in [-0.25, -0.2) is 0 Å². The molecule has 4 rings (SSSR count). The lowest BCUT2D eigenvalue weighted by Crippen LogP contribution is -2.29. The van der Waals surface area contributed by atoms with Gasteiger partial charge in [-0.15, -0.1) is 0 Å². The first kappa shape index (κ1) is 17.2. The van der Waals surface area contributed by atoms with E-state index in [1.165, 1.54) is 15.9 Å². The van der Waals surface area contributed by atoms with Crippen LogP contribution in [0.25, 0.3) is 0 Å². The SMILES string of the molecule is C(#C[P+](c1ccccc1)(c1ccccc1)c1ccccc1)c1ccncc1. The number of rotatable bonds is 3. The molecule has 1 heterocycles. The van der Waals surface area contributed by atoms with Crippen LogP contribution >= 0.6 is 7.26 Å². The van der Waals surface area contributed by atoms with Gasteiger partial charge in [0.05, 0.1) is 5.66 Å². The monoisotopic (exact) mass is 364 g/mol. The highest BCUT2D eigenvalue weighted by Crippen LogP contribution is 2.54. The quantitative estimate of drug-likeness (QED) is 0.388. The fourth-order valence-electron chi connectivity index (χ4n) is 3.18. The van der Waals surface area contributed by atoms with Crippen LogP contribution < -0.4 is 15.9 Å². The first-order chi connectivity index (χ1) is 13.4. The average molecular weight is 364 g/mol. The number of hydrogen-bond acceptors (Lipinski definition) is 1. The van der Waals surface area contributed by atoms with Crippen molar-refractivity contribution in [2.75, 3.05) is 0 Å². The predicted octanol–water partition coefficient (Wildman–Crippen LogP) is 4.38. The average Bonchev–Trinajstić information content (AvgIpc) is 2.77. The van der Waals surface area contributed by atoms with Crippen molar-refractivity contribution in [3.63, 3.8) is 0 Å². The summed E-state index contributed by atoms with van der Waals surface area (Å²) in [5, 5.41) is 3.80. The molecule has 0 N–H and O–H groups in total. The van der Waals surface area contributed by atoms with Crippen LogP contribution in [0, 0.1) is 11.6 Å². The van der Waals surface area contributed by atoms with Gasteiger partial charge in [0.25, 0.3) is 0 Å². The zero-order chi connectivity index (χ0) is 18.4. The smallest absolute Gasteiger partial charge is 0.189 e. The van der Waals surface area contributed by atoms with Gasteiger partial charge in [0.1, 0.15) is 15.9 Å². The Kier molecular flexibility index (Phi) is 5.10. The number of hydrogen-bond donors (Lipinski definition) is 0. The zero-order valence-corrected chi connectivity index (χ0v) is 15.8. The van der Waals surface area contributed by atoms with Gasteiger partial charge in [0, 0.05) is 18.0 Å². The van der Waals surface area contributed by atoms with E-state index in [9.17, 15) is 0 Å². The van der Waals surface area contributed by atoms with E-state index in [1.807, 2.05) is 12.1 Å². The van der Waals surface area contributed by atoms with Crippen LogP contribution in [0.5, 0.6) is 0 Å². The molecule has 27 heavy (non-hydrogen) atoms. The van der Waals surface area contributed by atoms with E-state index in [1.54, 1.807) is 12.4 Å². The van der Waals surface area contributed by atoms with Crippen LogP contribution in [0.3, 0.4) is 0 Å². The van der Waals surface area contributed by atoms with Crippen LogP contribution in [0.1, 0.15) is 5.56 Å². The van der Waals surface area contributed by atoms with Crippen LogP contribution in [-0.2, 0) is 0 Å². The highest BCUT2D eigenvalue weighted by molar-refractivity contribution is 7.99. The molecule has 0 aliphatic carbocycles. The summed E-state index contributed by atoms with van der Waals surface area (Å²) in [4.78, 5) is 4.11. The molecule has 0 bridgehead atoms. The second kappa shape index (κ2) is 8.00. The van der Waals surface area contributed by atoms with Gasteiger partial charge in [-0.05, 0) is 54.5 Å². The van der Waals surface area contributed by atoms with E-state index in [2.05, 4.69) is 108 Å². The van der Waals surface area contributed by atoms with Gasteiger partial charge in [-0.1, -0.05) is 54.6 Å². The molecule has 2 heteroatoms. The van der Waals surface area contributed by atoms with Gasteiger partial charge in [0.15, 0.2) is 7.26 Å².